The van der Waals surface area contributed by atoms with Crippen LogP contribution in [0.2, 0.25) is 5.02 Å². The van der Waals surface area contributed by atoms with Crippen LogP contribution in [-0.4, -0.2) is 31.1 Å². The summed E-state index contributed by atoms with van der Waals surface area (Å²) in [6.45, 7) is 6.13. The van der Waals surface area contributed by atoms with E-state index in [1.54, 1.807) is 18.4 Å². The van der Waals surface area contributed by atoms with Gasteiger partial charge >= 0.3 is 0 Å². The summed E-state index contributed by atoms with van der Waals surface area (Å²) in [7, 11) is 1.69. The second kappa shape index (κ2) is 10.4. The number of halogens is 1. The first-order chi connectivity index (χ1) is 12.2. The Balaban J connectivity index is 1.98. The highest BCUT2D eigenvalue weighted by atomic mass is 35.5. The number of methoxy groups -OCH3 is 1. The van der Waals surface area contributed by atoms with E-state index < -0.39 is 0 Å². The lowest BCUT2D eigenvalue weighted by Crippen LogP contribution is -2.39. The van der Waals surface area contributed by atoms with Crippen LogP contribution in [0.25, 0.3) is 0 Å². The summed E-state index contributed by atoms with van der Waals surface area (Å²) >= 11 is 7.78. The van der Waals surface area contributed by atoms with Crippen LogP contribution in [0.1, 0.15) is 35.4 Å². The van der Waals surface area contributed by atoms with Crippen LogP contribution in [0.15, 0.2) is 35.5 Å². The maximum Gasteiger partial charge on any atom is 0.191 e. The predicted octanol–water partition coefficient (Wildman–Crippen LogP) is 3.80. The molecule has 5 nitrogen and oxygen atoms in total. The van der Waals surface area contributed by atoms with Gasteiger partial charge in [0.2, 0.25) is 0 Å². The molecule has 1 aromatic carbocycles. The molecular formula is C18H25ClN4OS. The molecule has 136 valence electrons. The van der Waals surface area contributed by atoms with Crippen molar-refractivity contribution in [3.63, 3.8) is 0 Å². The molecule has 0 aliphatic carbocycles. The second-order valence-electron chi connectivity index (χ2n) is 5.43. The molecule has 0 saturated heterocycles. The van der Waals surface area contributed by atoms with Gasteiger partial charge in [-0.15, -0.1) is 11.3 Å². The Morgan fingerprint density at radius 2 is 2.20 bits per heavy atom. The average Bonchev–Trinajstić information content (AvgIpc) is 3.08. The van der Waals surface area contributed by atoms with Crippen LogP contribution < -0.4 is 10.6 Å². The largest absolute Gasteiger partial charge is 0.375 e. The maximum atomic E-state index is 6.07. The number of thiazole rings is 1. The van der Waals surface area contributed by atoms with E-state index >= 15 is 0 Å². The lowest BCUT2D eigenvalue weighted by atomic mass is 10.1. The molecule has 1 aromatic heterocycles. The number of aryl methyl sites for hydroxylation is 1. The quantitative estimate of drug-likeness (QED) is 0.540. The summed E-state index contributed by atoms with van der Waals surface area (Å²) in [5.74, 6) is 0.750. The molecule has 0 aliphatic rings. The fourth-order valence-electron chi connectivity index (χ4n) is 2.31. The molecule has 2 N–H and O–H groups in total. The molecule has 1 unspecified atom stereocenters. The highest BCUT2D eigenvalue weighted by Crippen LogP contribution is 2.19. The zero-order valence-electron chi connectivity index (χ0n) is 14.9. The molecule has 25 heavy (non-hydrogen) atoms. The number of aromatic nitrogens is 1. The van der Waals surface area contributed by atoms with E-state index in [0.29, 0.717) is 18.1 Å². The molecular weight excluding hydrogens is 356 g/mol. The Labute approximate surface area is 158 Å². The molecule has 0 bridgehead atoms. The molecule has 2 aromatic rings. The smallest absolute Gasteiger partial charge is 0.191 e. The van der Waals surface area contributed by atoms with Gasteiger partial charge in [-0.05, 0) is 31.0 Å². The van der Waals surface area contributed by atoms with E-state index in [9.17, 15) is 0 Å². The zero-order chi connectivity index (χ0) is 18.1. The van der Waals surface area contributed by atoms with Crippen LogP contribution >= 0.6 is 22.9 Å². The van der Waals surface area contributed by atoms with E-state index in [2.05, 4.69) is 27.5 Å². The highest BCUT2D eigenvalue weighted by Gasteiger charge is 2.12. The van der Waals surface area contributed by atoms with Crippen molar-refractivity contribution in [3.05, 3.63) is 50.9 Å². The maximum absolute atomic E-state index is 6.07. The number of hydrogen-bond acceptors (Lipinski definition) is 4. The summed E-state index contributed by atoms with van der Waals surface area (Å²) in [6, 6.07) is 7.71. The molecule has 7 heteroatoms. The number of nitrogens with one attached hydrogen (secondary N) is 2. The molecule has 2 rings (SSSR count). The Kier molecular flexibility index (Phi) is 8.18. The van der Waals surface area contributed by atoms with Crippen LogP contribution in [0.5, 0.6) is 0 Å². The van der Waals surface area contributed by atoms with Crippen LogP contribution in [0.4, 0.5) is 0 Å². The first-order valence-corrected chi connectivity index (χ1v) is 9.59. The van der Waals surface area contributed by atoms with E-state index in [0.717, 1.165) is 29.5 Å². The van der Waals surface area contributed by atoms with Gasteiger partial charge in [0.15, 0.2) is 5.96 Å². The van der Waals surface area contributed by atoms with Gasteiger partial charge in [-0.2, -0.15) is 0 Å². The van der Waals surface area contributed by atoms with Gasteiger partial charge in [-0.1, -0.05) is 30.7 Å². The average molecular weight is 381 g/mol. The van der Waals surface area contributed by atoms with Gasteiger partial charge < -0.3 is 15.4 Å². The van der Waals surface area contributed by atoms with Gasteiger partial charge in [0.05, 0.1) is 12.6 Å². The van der Waals surface area contributed by atoms with Gasteiger partial charge in [-0.25, -0.2) is 9.98 Å². The highest BCUT2D eigenvalue weighted by molar-refractivity contribution is 7.11. The molecule has 0 saturated carbocycles. The summed E-state index contributed by atoms with van der Waals surface area (Å²) < 4.78 is 5.59. The number of benzene rings is 1. The number of ether oxygens (including phenoxy) is 1. The lowest BCUT2D eigenvalue weighted by Gasteiger charge is -2.18. The van der Waals surface area contributed by atoms with Crippen molar-refractivity contribution in [1.29, 1.82) is 0 Å². The molecule has 1 atom stereocenters. The van der Waals surface area contributed by atoms with Gasteiger partial charge in [0, 0.05) is 36.3 Å². The lowest BCUT2D eigenvalue weighted by molar-refractivity contribution is 0.106. The SMILES string of the molecule is CCNC(=NCc1ncc(CC)s1)NCC(OC)c1cccc(Cl)c1. The standard InChI is InChI=1S/C18H25ClN4OS/c1-4-15-10-21-17(25-15)12-23-18(20-5-2)22-11-16(24-3)13-7-6-8-14(19)9-13/h6-10,16H,4-5,11-12H2,1-3H3,(H2,20,22,23). The first-order valence-electron chi connectivity index (χ1n) is 8.40. The van der Waals surface area contributed by atoms with Crippen molar-refractivity contribution in [2.45, 2.75) is 32.9 Å². The minimum Gasteiger partial charge on any atom is -0.375 e. The van der Waals surface area contributed by atoms with E-state index in [1.807, 2.05) is 37.4 Å². The molecule has 0 radical (unpaired) electrons. The van der Waals surface area contributed by atoms with Crippen molar-refractivity contribution < 1.29 is 4.74 Å². The number of hydrogen-bond donors (Lipinski definition) is 2. The summed E-state index contributed by atoms with van der Waals surface area (Å²) in [5, 5.41) is 8.30. The van der Waals surface area contributed by atoms with E-state index in [-0.39, 0.29) is 6.10 Å². The van der Waals surface area contributed by atoms with Crippen LogP contribution in [0, 0.1) is 0 Å². The number of aliphatic imine (C=N–C) groups is 1. The number of nitrogens with zero attached hydrogens (tertiary/aromatic N) is 2. The Bertz CT molecular complexity index is 689. The molecule has 1 heterocycles. The Morgan fingerprint density at radius 3 is 2.84 bits per heavy atom. The van der Waals surface area contributed by atoms with Crippen molar-refractivity contribution in [1.82, 2.24) is 15.6 Å². The second-order valence-corrected chi connectivity index (χ2v) is 7.07. The minimum atomic E-state index is -0.103. The zero-order valence-corrected chi connectivity index (χ0v) is 16.5. The van der Waals surface area contributed by atoms with Crippen molar-refractivity contribution in [2.24, 2.45) is 4.99 Å². The van der Waals surface area contributed by atoms with Crippen LogP contribution in [0.3, 0.4) is 0 Å². The van der Waals surface area contributed by atoms with Crippen LogP contribution in [-0.2, 0) is 17.7 Å². The topological polar surface area (TPSA) is 58.5 Å². The number of rotatable bonds is 8. The minimum absolute atomic E-state index is 0.103. The van der Waals surface area contributed by atoms with Gasteiger partial charge in [0.25, 0.3) is 0 Å². The molecule has 0 fully saturated rings. The van der Waals surface area contributed by atoms with Crippen molar-refractivity contribution in [3.8, 4) is 0 Å². The van der Waals surface area contributed by atoms with Gasteiger partial charge in [0.1, 0.15) is 5.01 Å². The molecule has 0 amide bonds. The molecule has 0 aliphatic heterocycles. The first kappa shape index (κ1) is 19.7. The Hall–Kier alpha value is -1.63. The summed E-state index contributed by atoms with van der Waals surface area (Å²) in [4.78, 5) is 10.3. The normalized spacial score (nSPS) is 12.9. The third-order valence-corrected chi connectivity index (χ3v) is 4.99. The monoisotopic (exact) mass is 380 g/mol. The van der Waals surface area contributed by atoms with Gasteiger partial charge in [-0.3, -0.25) is 0 Å². The number of guanidine groups is 1. The van der Waals surface area contributed by atoms with Crippen molar-refractivity contribution in [2.75, 3.05) is 20.2 Å². The third-order valence-electron chi connectivity index (χ3n) is 3.63. The molecule has 0 spiro atoms. The van der Waals surface area contributed by atoms with E-state index in [1.165, 1.54) is 4.88 Å². The third kappa shape index (κ3) is 6.30. The van der Waals surface area contributed by atoms with E-state index in [4.69, 9.17) is 16.3 Å². The van der Waals surface area contributed by atoms with Crippen molar-refractivity contribution >= 4 is 28.9 Å². The predicted molar refractivity (Wildman–Crippen MR) is 106 cm³/mol. The Morgan fingerprint density at radius 1 is 1.36 bits per heavy atom. The summed E-state index contributed by atoms with van der Waals surface area (Å²) in [5.41, 5.74) is 1.03. The summed E-state index contributed by atoms with van der Waals surface area (Å²) in [6.07, 6.45) is 2.83. The fourth-order valence-corrected chi connectivity index (χ4v) is 3.29. The fraction of sp³-hybridized carbons (Fsp3) is 0.444.